The average Bonchev–Trinajstić information content (AvgIpc) is 2.14. The number of ether oxygens (including phenoxy) is 1. The molecule has 0 bridgehead atoms. The lowest BCUT2D eigenvalue weighted by molar-refractivity contribution is -0.144. The van der Waals surface area contributed by atoms with Crippen molar-refractivity contribution >= 4 is 27.8 Å². The Hall–Kier alpha value is -0.580. The van der Waals surface area contributed by atoms with Crippen molar-refractivity contribution in [2.24, 2.45) is 0 Å². The Kier molecular flexibility index (Phi) is 5.70. The molecule has 13 heavy (non-hydrogen) atoms. The molecule has 0 spiro atoms. The first kappa shape index (κ1) is 12.4. The molecule has 1 amide bonds. The minimum Gasteiger partial charge on any atom is -0.467 e. The summed E-state index contributed by atoms with van der Waals surface area (Å²) in [5, 5.41) is 2.52. The standard InChI is InChI=1S/C8H14BrNO3/c1-4-6(9)7(11)10-5(2)8(12)13-3/h5-6H,4H2,1-3H3,(H,10,11)/t5-,6+/m0/s1. The smallest absolute Gasteiger partial charge is 0.328 e. The Labute approximate surface area is 86.1 Å². The lowest BCUT2D eigenvalue weighted by atomic mass is 10.3. The molecule has 0 aromatic carbocycles. The van der Waals surface area contributed by atoms with E-state index in [0.29, 0.717) is 6.42 Å². The molecule has 2 atom stereocenters. The SMILES string of the molecule is CC[C@@H](Br)C(=O)N[C@@H](C)C(=O)OC. The van der Waals surface area contributed by atoms with Gasteiger partial charge in [-0.1, -0.05) is 22.9 Å². The summed E-state index contributed by atoms with van der Waals surface area (Å²) in [5.74, 6) is -0.635. The molecule has 0 saturated carbocycles. The van der Waals surface area contributed by atoms with Crippen LogP contribution in [-0.2, 0) is 14.3 Å². The van der Waals surface area contributed by atoms with Gasteiger partial charge in [0.05, 0.1) is 11.9 Å². The maximum absolute atomic E-state index is 11.2. The second kappa shape index (κ2) is 5.96. The van der Waals surface area contributed by atoms with Crippen LogP contribution in [-0.4, -0.2) is 29.9 Å². The van der Waals surface area contributed by atoms with E-state index >= 15 is 0 Å². The highest BCUT2D eigenvalue weighted by Gasteiger charge is 2.19. The molecule has 0 aromatic rings. The molecule has 0 rings (SSSR count). The normalized spacial score (nSPS) is 14.5. The van der Waals surface area contributed by atoms with Crippen molar-refractivity contribution in [3.8, 4) is 0 Å². The first-order valence-corrected chi connectivity index (χ1v) is 4.96. The van der Waals surface area contributed by atoms with Crippen molar-refractivity contribution in [3.63, 3.8) is 0 Å². The van der Waals surface area contributed by atoms with Crippen LogP contribution in [0.2, 0.25) is 0 Å². The summed E-state index contributed by atoms with van der Waals surface area (Å²) in [6.07, 6.45) is 0.680. The maximum atomic E-state index is 11.2. The number of methoxy groups -OCH3 is 1. The number of amides is 1. The fourth-order valence-corrected chi connectivity index (χ4v) is 0.857. The van der Waals surface area contributed by atoms with Crippen LogP contribution in [0.1, 0.15) is 20.3 Å². The summed E-state index contributed by atoms with van der Waals surface area (Å²) in [6, 6.07) is -0.593. The largest absolute Gasteiger partial charge is 0.467 e. The van der Waals surface area contributed by atoms with Crippen LogP contribution in [0.15, 0.2) is 0 Å². The zero-order chi connectivity index (χ0) is 10.4. The summed E-state index contributed by atoms with van der Waals surface area (Å²) >= 11 is 3.18. The number of nitrogens with one attached hydrogen (secondary N) is 1. The van der Waals surface area contributed by atoms with Crippen LogP contribution in [0.5, 0.6) is 0 Å². The van der Waals surface area contributed by atoms with Crippen molar-refractivity contribution in [2.75, 3.05) is 7.11 Å². The van der Waals surface area contributed by atoms with E-state index in [1.807, 2.05) is 6.92 Å². The van der Waals surface area contributed by atoms with E-state index in [2.05, 4.69) is 26.0 Å². The van der Waals surface area contributed by atoms with Crippen molar-refractivity contribution < 1.29 is 14.3 Å². The number of halogens is 1. The molecule has 0 heterocycles. The average molecular weight is 252 g/mol. The highest BCUT2D eigenvalue weighted by Crippen LogP contribution is 2.04. The van der Waals surface area contributed by atoms with Gasteiger partial charge >= 0.3 is 5.97 Å². The van der Waals surface area contributed by atoms with E-state index in [1.54, 1.807) is 6.92 Å². The predicted octanol–water partition coefficient (Wildman–Crippen LogP) is 0.838. The van der Waals surface area contributed by atoms with Gasteiger partial charge in [-0.05, 0) is 13.3 Å². The number of carbonyl (C=O) groups is 2. The summed E-state index contributed by atoms with van der Waals surface area (Å²) in [5.41, 5.74) is 0. The van der Waals surface area contributed by atoms with E-state index in [1.165, 1.54) is 7.11 Å². The van der Waals surface area contributed by atoms with Crippen LogP contribution < -0.4 is 5.32 Å². The van der Waals surface area contributed by atoms with E-state index in [-0.39, 0.29) is 10.7 Å². The van der Waals surface area contributed by atoms with Gasteiger partial charge in [0.2, 0.25) is 5.91 Å². The Morgan fingerprint density at radius 2 is 2.08 bits per heavy atom. The summed E-state index contributed by atoms with van der Waals surface area (Å²) in [6.45, 7) is 3.46. The Balaban J connectivity index is 3.98. The fraction of sp³-hybridized carbons (Fsp3) is 0.750. The highest BCUT2D eigenvalue weighted by atomic mass is 79.9. The van der Waals surface area contributed by atoms with Gasteiger partial charge in [-0.3, -0.25) is 4.79 Å². The summed E-state index contributed by atoms with van der Waals surface area (Å²) in [7, 11) is 1.29. The lowest BCUT2D eigenvalue weighted by Gasteiger charge is -2.13. The van der Waals surface area contributed by atoms with Gasteiger partial charge in [0, 0.05) is 0 Å². The van der Waals surface area contributed by atoms with Crippen molar-refractivity contribution in [2.45, 2.75) is 31.1 Å². The Bertz CT molecular complexity index is 196. The molecular weight excluding hydrogens is 238 g/mol. The molecule has 0 saturated heterocycles. The number of esters is 1. The van der Waals surface area contributed by atoms with E-state index in [4.69, 9.17) is 0 Å². The molecule has 4 nitrogen and oxygen atoms in total. The van der Waals surface area contributed by atoms with Gasteiger partial charge in [0.1, 0.15) is 6.04 Å². The quantitative estimate of drug-likeness (QED) is 0.595. The molecule has 0 aliphatic rings. The third-order valence-electron chi connectivity index (χ3n) is 1.56. The molecule has 1 N–H and O–H groups in total. The molecule has 0 unspecified atom stereocenters. The summed E-state index contributed by atoms with van der Waals surface area (Å²) in [4.78, 5) is 21.9. The Morgan fingerprint density at radius 1 is 1.54 bits per heavy atom. The van der Waals surface area contributed by atoms with Gasteiger partial charge in [0.25, 0.3) is 0 Å². The predicted molar refractivity (Wildman–Crippen MR) is 52.6 cm³/mol. The third kappa shape index (κ3) is 4.26. The van der Waals surface area contributed by atoms with Crippen molar-refractivity contribution in [3.05, 3.63) is 0 Å². The third-order valence-corrected chi connectivity index (χ3v) is 2.62. The van der Waals surface area contributed by atoms with Gasteiger partial charge in [-0.15, -0.1) is 0 Å². The minimum atomic E-state index is -0.593. The molecule has 0 aliphatic heterocycles. The monoisotopic (exact) mass is 251 g/mol. The topological polar surface area (TPSA) is 55.4 Å². The lowest BCUT2D eigenvalue weighted by Crippen LogP contribution is -2.42. The van der Waals surface area contributed by atoms with Gasteiger partial charge in [-0.25, -0.2) is 4.79 Å². The molecule has 0 aliphatic carbocycles. The first-order chi connectivity index (χ1) is 6.02. The second-order valence-electron chi connectivity index (χ2n) is 2.63. The number of hydrogen-bond donors (Lipinski definition) is 1. The van der Waals surface area contributed by atoms with Crippen LogP contribution in [0.4, 0.5) is 0 Å². The van der Waals surface area contributed by atoms with Crippen LogP contribution in [0, 0.1) is 0 Å². The molecule has 0 radical (unpaired) electrons. The van der Waals surface area contributed by atoms with Crippen LogP contribution >= 0.6 is 15.9 Å². The fourth-order valence-electron chi connectivity index (χ4n) is 0.725. The van der Waals surface area contributed by atoms with Gasteiger partial charge < -0.3 is 10.1 Å². The van der Waals surface area contributed by atoms with Gasteiger partial charge in [-0.2, -0.15) is 0 Å². The molecule has 76 valence electrons. The van der Waals surface area contributed by atoms with Gasteiger partial charge in [0.15, 0.2) is 0 Å². The zero-order valence-corrected chi connectivity index (χ0v) is 9.55. The number of rotatable bonds is 4. The highest BCUT2D eigenvalue weighted by molar-refractivity contribution is 9.10. The molecule has 5 heteroatoms. The minimum absolute atomic E-state index is 0.194. The van der Waals surface area contributed by atoms with Crippen LogP contribution in [0.3, 0.4) is 0 Å². The van der Waals surface area contributed by atoms with E-state index in [0.717, 1.165) is 0 Å². The first-order valence-electron chi connectivity index (χ1n) is 4.05. The van der Waals surface area contributed by atoms with E-state index < -0.39 is 12.0 Å². The maximum Gasteiger partial charge on any atom is 0.328 e. The number of carbonyl (C=O) groups excluding carboxylic acids is 2. The van der Waals surface area contributed by atoms with Crippen LogP contribution in [0.25, 0.3) is 0 Å². The van der Waals surface area contributed by atoms with Crippen molar-refractivity contribution in [1.82, 2.24) is 5.32 Å². The summed E-state index contributed by atoms with van der Waals surface area (Å²) < 4.78 is 4.46. The zero-order valence-electron chi connectivity index (χ0n) is 7.96. The van der Waals surface area contributed by atoms with Crippen molar-refractivity contribution in [1.29, 1.82) is 0 Å². The molecule has 0 aromatic heterocycles. The Morgan fingerprint density at radius 3 is 2.46 bits per heavy atom. The molecule has 0 fully saturated rings. The number of alkyl halides is 1. The second-order valence-corrected chi connectivity index (χ2v) is 3.73. The molecular formula is C8H14BrNO3. The number of hydrogen-bond acceptors (Lipinski definition) is 3. The van der Waals surface area contributed by atoms with E-state index in [9.17, 15) is 9.59 Å².